The monoisotopic (exact) mass is 237 g/mol. The largest absolute Gasteiger partial charge is 0.309 e. The van der Waals surface area contributed by atoms with Gasteiger partial charge < -0.3 is 5.32 Å². The molecule has 1 aliphatic carbocycles. The van der Waals surface area contributed by atoms with Crippen LogP contribution in [0.2, 0.25) is 0 Å². The molecule has 2 atom stereocenters. The molecule has 1 aliphatic rings. The number of hydrogen-bond acceptors (Lipinski definition) is 2. The van der Waals surface area contributed by atoms with Gasteiger partial charge >= 0.3 is 0 Å². The van der Waals surface area contributed by atoms with Crippen molar-refractivity contribution in [2.75, 3.05) is 0 Å². The van der Waals surface area contributed by atoms with Crippen LogP contribution in [0.25, 0.3) is 0 Å². The molecular weight excluding hydrogens is 214 g/mol. The lowest BCUT2D eigenvalue weighted by Gasteiger charge is -2.32. The van der Waals surface area contributed by atoms with Gasteiger partial charge in [0.25, 0.3) is 0 Å². The predicted octanol–water partition coefficient (Wildman–Crippen LogP) is 4.20. The van der Waals surface area contributed by atoms with Crippen molar-refractivity contribution >= 4 is 11.3 Å². The van der Waals surface area contributed by atoms with Crippen LogP contribution in [0.1, 0.15) is 50.3 Å². The zero-order valence-corrected chi connectivity index (χ0v) is 11.1. The summed E-state index contributed by atoms with van der Waals surface area (Å²) in [6, 6.07) is 5.15. The van der Waals surface area contributed by atoms with Gasteiger partial charge in [0.2, 0.25) is 0 Å². The van der Waals surface area contributed by atoms with Crippen molar-refractivity contribution in [1.29, 1.82) is 0 Å². The van der Waals surface area contributed by atoms with Crippen molar-refractivity contribution in [2.45, 2.75) is 58.0 Å². The van der Waals surface area contributed by atoms with E-state index in [-0.39, 0.29) is 0 Å². The minimum absolute atomic E-state index is 0.774. The minimum Gasteiger partial charge on any atom is -0.309 e. The zero-order chi connectivity index (χ0) is 11.2. The molecular formula is C14H23NS. The molecule has 1 fully saturated rings. The lowest BCUT2D eigenvalue weighted by atomic mass is 9.82. The molecule has 2 unspecified atom stereocenters. The van der Waals surface area contributed by atoms with E-state index in [9.17, 15) is 0 Å². The van der Waals surface area contributed by atoms with Gasteiger partial charge in [-0.1, -0.05) is 32.3 Å². The summed E-state index contributed by atoms with van der Waals surface area (Å²) in [6.45, 7) is 3.38. The number of hydrogen-bond donors (Lipinski definition) is 1. The summed E-state index contributed by atoms with van der Waals surface area (Å²) < 4.78 is 0. The van der Waals surface area contributed by atoms with Crippen LogP contribution in [0.5, 0.6) is 0 Å². The third-order valence-electron chi connectivity index (χ3n) is 3.69. The highest BCUT2D eigenvalue weighted by Crippen LogP contribution is 2.28. The Morgan fingerprint density at radius 2 is 2.25 bits per heavy atom. The lowest BCUT2D eigenvalue weighted by Crippen LogP contribution is -2.37. The van der Waals surface area contributed by atoms with E-state index in [1.807, 2.05) is 11.3 Å². The SMILES string of the molecule is CCCC1CCCCC1NCc1cccs1. The summed E-state index contributed by atoms with van der Waals surface area (Å²) in [6.07, 6.45) is 8.43. The molecule has 0 aromatic carbocycles. The molecule has 0 saturated heterocycles. The first-order valence-electron chi connectivity index (χ1n) is 6.66. The molecule has 0 spiro atoms. The molecule has 90 valence electrons. The second kappa shape index (κ2) is 6.41. The Kier molecular flexibility index (Phi) is 4.86. The molecule has 0 radical (unpaired) electrons. The second-order valence-corrected chi connectivity index (χ2v) is 5.93. The molecule has 1 saturated carbocycles. The smallest absolute Gasteiger partial charge is 0.0302 e. The van der Waals surface area contributed by atoms with E-state index in [0.29, 0.717) is 0 Å². The molecule has 2 rings (SSSR count). The Hall–Kier alpha value is -0.340. The first kappa shape index (κ1) is 12.1. The fourth-order valence-corrected chi connectivity index (χ4v) is 3.49. The van der Waals surface area contributed by atoms with Crippen LogP contribution in [0, 0.1) is 5.92 Å². The fourth-order valence-electron chi connectivity index (χ4n) is 2.84. The van der Waals surface area contributed by atoms with Gasteiger partial charge in [0, 0.05) is 17.5 Å². The van der Waals surface area contributed by atoms with Crippen molar-refractivity contribution in [2.24, 2.45) is 5.92 Å². The molecule has 0 amide bonds. The summed E-state index contributed by atoms with van der Waals surface area (Å²) in [5, 5.41) is 5.94. The average Bonchev–Trinajstić information content (AvgIpc) is 2.81. The predicted molar refractivity (Wildman–Crippen MR) is 71.8 cm³/mol. The van der Waals surface area contributed by atoms with Crippen LogP contribution in [-0.4, -0.2) is 6.04 Å². The van der Waals surface area contributed by atoms with E-state index in [2.05, 4.69) is 29.8 Å². The Labute approximate surface area is 103 Å². The van der Waals surface area contributed by atoms with Gasteiger partial charge in [-0.05, 0) is 36.6 Å². The summed E-state index contributed by atoms with van der Waals surface area (Å²) >= 11 is 1.86. The number of nitrogens with one attached hydrogen (secondary N) is 1. The minimum atomic E-state index is 0.774. The standard InChI is InChI=1S/C14H23NS/c1-2-6-12-7-3-4-9-14(12)15-11-13-8-5-10-16-13/h5,8,10,12,14-15H,2-4,6-7,9,11H2,1H3. The number of thiophene rings is 1. The van der Waals surface area contributed by atoms with Gasteiger partial charge in [0.1, 0.15) is 0 Å². The Bertz CT molecular complexity index is 279. The lowest BCUT2D eigenvalue weighted by molar-refractivity contribution is 0.247. The zero-order valence-electron chi connectivity index (χ0n) is 10.2. The van der Waals surface area contributed by atoms with Crippen molar-refractivity contribution in [1.82, 2.24) is 5.32 Å². The van der Waals surface area contributed by atoms with Crippen LogP contribution in [0.15, 0.2) is 17.5 Å². The maximum absolute atomic E-state index is 3.77. The first-order valence-corrected chi connectivity index (χ1v) is 7.54. The van der Waals surface area contributed by atoms with Gasteiger partial charge in [-0.3, -0.25) is 0 Å². The van der Waals surface area contributed by atoms with Crippen molar-refractivity contribution < 1.29 is 0 Å². The quantitative estimate of drug-likeness (QED) is 0.809. The highest BCUT2D eigenvalue weighted by Gasteiger charge is 2.23. The Morgan fingerprint density at radius 1 is 1.38 bits per heavy atom. The van der Waals surface area contributed by atoms with Crippen LogP contribution < -0.4 is 5.32 Å². The van der Waals surface area contributed by atoms with Crippen molar-refractivity contribution in [3.05, 3.63) is 22.4 Å². The van der Waals surface area contributed by atoms with Crippen LogP contribution >= 0.6 is 11.3 Å². The summed E-state index contributed by atoms with van der Waals surface area (Å²) in [4.78, 5) is 1.47. The van der Waals surface area contributed by atoms with E-state index in [4.69, 9.17) is 0 Å². The average molecular weight is 237 g/mol. The molecule has 0 bridgehead atoms. The third-order valence-corrected chi connectivity index (χ3v) is 4.56. The topological polar surface area (TPSA) is 12.0 Å². The molecule has 1 heterocycles. The summed E-state index contributed by atoms with van der Waals surface area (Å²) in [5.41, 5.74) is 0. The molecule has 0 aliphatic heterocycles. The molecule has 1 nitrogen and oxygen atoms in total. The Morgan fingerprint density at radius 3 is 3.00 bits per heavy atom. The second-order valence-electron chi connectivity index (χ2n) is 4.90. The van der Waals surface area contributed by atoms with E-state index >= 15 is 0 Å². The highest BCUT2D eigenvalue weighted by atomic mass is 32.1. The van der Waals surface area contributed by atoms with Gasteiger partial charge in [-0.15, -0.1) is 11.3 Å². The Balaban J connectivity index is 1.81. The van der Waals surface area contributed by atoms with Crippen LogP contribution in [0.3, 0.4) is 0 Å². The van der Waals surface area contributed by atoms with Crippen LogP contribution in [0.4, 0.5) is 0 Å². The molecule has 1 N–H and O–H groups in total. The van der Waals surface area contributed by atoms with Crippen LogP contribution in [-0.2, 0) is 6.54 Å². The molecule has 16 heavy (non-hydrogen) atoms. The highest BCUT2D eigenvalue weighted by molar-refractivity contribution is 7.09. The molecule has 2 heteroatoms. The normalized spacial score (nSPS) is 25.8. The first-order chi connectivity index (χ1) is 7.90. The van der Waals surface area contributed by atoms with Gasteiger partial charge in [-0.2, -0.15) is 0 Å². The summed E-state index contributed by atoms with van der Waals surface area (Å²) in [5.74, 6) is 0.929. The van der Waals surface area contributed by atoms with Gasteiger partial charge in [0.05, 0.1) is 0 Å². The van der Waals surface area contributed by atoms with Gasteiger partial charge in [0.15, 0.2) is 0 Å². The number of rotatable bonds is 5. The third kappa shape index (κ3) is 3.33. The van der Waals surface area contributed by atoms with E-state index in [1.54, 1.807) is 0 Å². The van der Waals surface area contributed by atoms with E-state index < -0.39 is 0 Å². The van der Waals surface area contributed by atoms with E-state index in [1.165, 1.54) is 43.4 Å². The van der Waals surface area contributed by atoms with E-state index in [0.717, 1.165) is 18.5 Å². The fraction of sp³-hybridized carbons (Fsp3) is 0.714. The maximum atomic E-state index is 3.77. The molecule has 1 aromatic heterocycles. The molecule has 1 aromatic rings. The summed E-state index contributed by atoms with van der Waals surface area (Å²) in [7, 11) is 0. The van der Waals surface area contributed by atoms with Gasteiger partial charge in [-0.25, -0.2) is 0 Å². The maximum Gasteiger partial charge on any atom is 0.0302 e. The van der Waals surface area contributed by atoms with Crippen molar-refractivity contribution in [3.63, 3.8) is 0 Å². The van der Waals surface area contributed by atoms with Crippen molar-refractivity contribution in [3.8, 4) is 0 Å².